The number of hydrogen-bond donors (Lipinski definition) is 2. The van der Waals surface area contributed by atoms with E-state index < -0.39 is 0 Å². The lowest BCUT2D eigenvalue weighted by Crippen LogP contribution is -2.34. The average Bonchev–Trinajstić information content (AvgIpc) is 3.38. The van der Waals surface area contributed by atoms with Gasteiger partial charge < -0.3 is 19.9 Å². The van der Waals surface area contributed by atoms with E-state index in [0.717, 1.165) is 75.2 Å². The lowest BCUT2D eigenvalue weighted by atomic mass is 9.89. The molecule has 1 saturated heterocycles. The second kappa shape index (κ2) is 8.17. The van der Waals surface area contributed by atoms with Crippen molar-refractivity contribution in [3.05, 3.63) is 65.1 Å². The van der Waals surface area contributed by atoms with Gasteiger partial charge in [0.1, 0.15) is 11.6 Å². The van der Waals surface area contributed by atoms with Gasteiger partial charge in [0.25, 0.3) is 0 Å². The molecule has 0 bridgehead atoms. The monoisotopic (exact) mass is 393 g/mol. The first-order valence-corrected chi connectivity index (χ1v) is 10.7. The van der Waals surface area contributed by atoms with Crippen molar-refractivity contribution in [2.45, 2.75) is 38.3 Å². The summed E-state index contributed by atoms with van der Waals surface area (Å²) in [4.78, 5) is 5.83. The van der Waals surface area contributed by atoms with E-state index in [0.29, 0.717) is 5.92 Å². The Kier molecular flexibility index (Phi) is 5.25. The quantitative estimate of drug-likeness (QED) is 0.603. The molecule has 0 saturated carbocycles. The molecule has 0 amide bonds. The van der Waals surface area contributed by atoms with Gasteiger partial charge in [-0.3, -0.25) is 0 Å². The van der Waals surface area contributed by atoms with Gasteiger partial charge in [-0.1, -0.05) is 6.07 Å². The summed E-state index contributed by atoms with van der Waals surface area (Å²) in [5, 5.41) is 4.41. The Morgan fingerprint density at radius 1 is 1.03 bits per heavy atom. The average molecular weight is 394 g/mol. The van der Waals surface area contributed by atoms with Gasteiger partial charge >= 0.3 is 0 Å². The van der Waals surface area contributed by atoms with Crippen molar-refractivity contribution in [2.75, 3.05) is 26.2 Å². The van der Waals surface area contributed by atoms with Crippen molar-refractivity contribution in [3.8, 4) is 5.75 Å². The number of hydrogen-bond acceptors (Lipinski definition) is 3. The molecule has 5 heteroatoms. The van der Waals surface area contributed by atoms with Crippen LogP contribution >= 0.6 is 0 Å². The molecular weight excluding hydrogens is 365 g/mol. The lowest BCUT2D eigenvalue weighted by molar-refractivity contribution is 0.193. The van der Waals surface area contributed by atoms with E-state index in [1.54, 1.807) is 6.07 Å². The van der Waals surface area contributed by atoms with Crippen molar-refractivity contribution in [2.24, 2.45) is 0 Å². The highest BCUT2D eigenvalue weighted by molar-refractivity contribution is 5.83. The number of piperidine rings is 1. The van der Waals surface area contributed by atoms with Crippen LogP contribution in [0, 0.1) is 5.82 Å². The third kappa shape index (κ3) is 4.02. The number of fused-ring (bicyclic) bond motifs is 2. The molecule has 1 aromatic heterocycles. The van der Waals surface area contributed by atoms with E-state index in [-0.39, 0.29) is 5.82 Å². The van der Waals surface area contributed by atoms with E-state index in [2.05, 4.69) is 39.6 Å². The predicted molar refractivity (Wildman–Crippen MR) is 114 cm³/mol. The molecule has 0 spiro atoms. The molecule has 152 valence electrons. The second-order valence-electron chi connectivity index (χ2n) is 8.29. The number of H-pyrrole nitrogens is 1. The highest BCUT2D eigenvalue weighted by Gasteiger charge is 2.22. The minimum atomic E-state index is -0.157. The zero-order chi connectivity index (χ0) is 19.6. The Bertz CT molecular complexity index is 991. The van der Waals surface area contributed by atoms with Crippen molar-refractivity contribution >= 4 is 10.9 Å². The van der Waals surface area contributed by atoms with Gasteiger partial charge in [0.15, 0.2) is 0 Å². The van der Waals surface area contributed by atoms with Crippen molar-refractivity contribution in [3.63, 3.8) is 0 Å². The van der Waals surface area contributed by atoms with Gasteiger partial charge in [-0.25, -0.2) is 4.39 Å². The Hall–Kier alpha value is -2.37. The standard InChI is InChI=1S/C24H28FN3O/c25-20-3-5-24-22(13-20)23(16-27-24)17-6-9-28(10-7-17)8-1-11-29-21-4-2-18-14-26-15-19(18)12-21/h2-5,12-13,16-17,26-27H,1,6-11,14-15H2. The van der Waals surface area contributed by atoms with Crippen molar-refractivity contribution in [1.82, 2.24) is 15.2 Å². The second-order valence-corrected chi connectivity index (χ2v) is 8.29. The fourth-order valence-corrected chi connectivity index (χ4v) is 4.76. The molecule has 4 nitrogen and oxygen atoms in total. The summed E-state index contributed by atoms with van der Waals surface area (Å²) in [6.45, 7) is 5.94. The first-order valence-electron chi connectivity index (χ1n) is 10.7. The first-order chi connectivity index (χ1) is 14.3. The maximum atomic E-state index is 13.6. The highest BCUT2D eigenvalue weighted by atomic mass is 19.1. The lowest BCUT2D eigenvalue weighted by Gasteiger charge is -2.31. The molecule has 0 atom stereocenters. The molecule has 0 unspecified atom stereocenters. The fraction of sp³-hybridized carbons (Fsp3) is 0.417. The molecule has 29 heavy (non-hydrogen) atoms. The maximum Gasteiger partial charge on any atom is 0.123 e. The van der Waals surface area contributed by atoms with E-state index in [9.17, 15) is 4.39 Å². The van der Waals surface area contributed by atoms with Gasteiger partial charge in [-0.2, -0.15) is 0 Å². The smallest absolute Gasteiger partial charge is 0.123 e. The first kappa shape index (κ1) is 18.6. The van der Waals surface area contributed by atoms with Crippen molar-refractivity contribution < 1.29 is 9.13 Å². The highest BCUT2D eigenvalue weighted by Crippen LogP contribution is 2.33. The largest absolute Gasteiger partial charge is 0.494 e. The number of aromatic nitrogens is 1. The minimum absolute atomic E-state index is 0.157. The van der Waals surface area contributed by atoms with Crippen LogP contribution in [0.3, 0.4) is 0 Å². The molecule has 2 N–H and O–H groups in total. The summed E-state index contributed by atoms with van der Waals surface area (Å²) < 4.78 is 19.6. The number of halogens is 1. The Labute approximate surface area is 171 Å². The van der Waals surface area contributed by atoms with E-state index in [1.165, 1.54) is 22.8 Å². The van der Waals surface area contributed by atoms with Crippen LogP contribution in [0.5, 0.6) is 5.75 Å². The molecule has 2 aromatic carbocycles. The topological polar surface area (TPSA) is 40.3 Å². The Morgan fingerprint density at radius 2 is 1.90 bits per heavy atom. The van der Waals surface area contributed by atoms with Crippen LogP contribution in [0.4, 0.5) is 4.39 Å². The van der Waals surface area contributed by atoms with Gasteiger partial charge in [0.05, 0.1) is 6.61 Å². The number of nitrogens with zero attached hydrogens (tertiary/aromatic N) is 1. The summed E-state index contributed by atoms with van der Waals surface area (Å²) >= 11 is 0. The van der Waals surface area contributed by atoms with Gasteiger partial charge in [-0.05, 0) is 85.3 Å². The molecule has 3 heterocycles. The van der Waals surface area contributed by atoms with Crippen LogP contribution in [0.1, 0.15) is 41.9 Å². The fourth-order valence-electron chi connectivity index (χ4n) is 4.76. The molecule has 0 radical (unpaired) electrons. The number of benzene rings is 2. The van der Waals surface area contributed by atoms with Crippen LogP contribution in [-0.2, 0) is 13.1 Å². The molecule has 2 aliphatic rings. The molecule has 2 aliphatic heterocycles. The summed E-state index contributed by atoms with van der Waals surface area (Å²) in [7, 11) is 0. The third-order valence-electron chi connectivity index (χ3n) is 6.40. The number of likely N-dealkylation sites (tertiary alicyclic amines) is 1. The van der Waals surface area contributed by atoms with E-state index in [4.69, 9.17) is 4.74 Å². The van der Waals surface area contributed by atoms with E-state index >= 15 is 0 Å². The summed E-state index contributed by atoms with van der Waals surface area (Å²) in [6.07, 6.45) is 5.37. The van der Waals surface area contributed by atoms with Crippen LogP contribution in [0.25, 0.3) is 10.9 Å². The zero-order valence-electron chi connectivity index (χ0n) is 16.7. The molecular formula is C24H28FN3O. The predicted octanol–water partition coefficient (Wildman–Crippen LogP) is 4.56. The Morgan fingerprint density at radius 3 is 2.79 bits per heavy atom. The summed E-state index contributed by atoms with van der Waals surface area (Å²) in [5.74, 6) is 1.34. The number of nitrogens with one attached hydrogen (secondary N) is 2. The zero-order valence-corrected chi connectivity index (χ0v) is 16.7. The molecule has 0 aliphatic carbocycles. The Balaban J connectivity index is 1.08. The third-order valence-corrected chi connectivity index (χ3v) is 6.40. The summed E-state index contributed by atoms with van der Waals surface area (Å²) in [6, 6.07) is 11.5. The van der Waals surface area contributed by atoms with Crippen LogP contribution < -0.4 is 10.1 Å². The van der Waals surface area contributed by atoms with Crippen LogP contribution in [0.15, 0.2) is 42.6 Å². The molecule has 1 fully saturated rings. The van der Waals surface area contributed by atoms with E-state index in [1.807, 2.05) is 6.07 Å². The van der Waals surface area contributed by atoms with Crippen molar-refractivity contribution in [1.29, 1.82) is 0 Å². The van der Waals surface area contributed by atoms with Crippen LogP contribution in [0.2, 0.25) is 0 Å². The van der Waals surface area contributed by atoms with Gasteiger partial charge in [0, 0.05) is 36.7 Å². The summed E-state index contributed by atoms with van der Waals surface area (Å²) in [5.41, 5.74) is 5.05. The molecule has 5 rings (SSSR count). The maximum absolute atomic E-state index is 13.6. The molecule has 3 aromatic rings. The van der Waals surface area contributed by atoms with Crippen LogP contribution in [-0.4, -0.2) is 36.1 Å². The minimum Gasteiger partial charge on any atom is -0.494 e. The number of ether oxygens (including phenoxy) is 1. The number of rotatable bonds is 6. The van der Waals surface area contributed by atoms with Gasteiger partial charge in [-0.15, -0.1) is 0 Å². The SMILES string of the molecule is Fc1ccc2[nH]cc(C3CCN(CCCOc4ccc5c(c4)CNC5)CC3)c2c1. The van der Waals surface area contributed by atoms with Gasteiger partial charge in [0.2, 0.25) is 0 Å². The normalized spacial score (nSPS) is 17.7. The number of aromatic amines is 1.